The van der Waals surface area contributed by atoms with Crippen molar-refractivity contribution in [2.24, 2.45) is 0 Å². The van der Waals surface area contributed by atoms with Gasteiger partial charge in [0.2, 0.25) is 0 Å². The molecular formula is C26H31N3. The molecule has 1 saturated heterocycles. The van der Waals surface area contributed by atoms with Crippen molar-refractivity contribution in [1.29, 1.82) is 0 Å². The van der Waals surface area contributed by atoms with Gasteiger partial charge in [-0.05, 0) is 49.1 Å². The molecule has 0 N–H and O–H groups in total. The number of fused-ring (bicyclic) bond motifs is 5. The van der Waals surface area contributed by atoms with E-state index in [9.17, 15) is 0 Å². The summed E-state index contributed by atoms with van der Waals surface area (Å²) in [6.45, 7) is 5.50. The van der Waals surface area contributed by atoms with Crippen LogP contribution in [0, 0.1) is 0 Å². The summed E-state index contributed by atoms with van der Waals surface area (Å²) < 4.78 is 0. The van der Waals surface area contributed by atoms with Crippen LogP contribution in [0.2, 0.25) is 0 Å². The molecule has 3 nitrogen and oxygen atoms in total. The van der Waals surface area contributed by atoms with E-state index in [-0.39, 0.29) is 0 Å². The van der Waals surface area contributed by atoms with Crippen molar-refractivity contribution in [3.63, 3.8) is 0 Å². The van der Waals surface area contributed by atoms with Crippen LogP contribution in [0.4, 0.5) is 11.4 Å². The number of benzene rings is 2. The van der Waals surface area contributed by atoms with Crippen molar-refractivity contribution in [3.05, 3.63) is 65.9 Å². The number of hydrogen-bond acceptors (Lipinski definition) is 3. The third-order valence-corrected chi connectivity index (χ3v) is 6.62. The van der Waals surface area contributed by atoms with Crippen LogP contribution in [-0.4, -0.2) is 24.1 Å². The Balaban J connectivity index is 1.63. The summed E-state index contributed by atoms with van der Waals surface area (Å²) in [5, 5.41) is 1.26. The maximum absolute atomic E-state index is 5.16. The molecule has 3 heteroatoms. The van der Waals surface area contributed by atoms with Gasteiger partial charge in [-0.1, -0.05) is 50.1 Å². The van der Waals surface area contributed by atoms with Gasteiger partial charge < -0.3 is 9.80 Å². The molecule has 0 aliphatic carbocycles. The Kier molecular flexibility index (Phi) is 5.13. The predicted octanol–water partition coefficient (Wildman–Crippen LogP) is 5.96. The van der Waals surface area contributed by atoms with Gasteiger partial charge >= 0.3 is 0 Å². The zero-order valence-electron chi connectivity index (χ0n) is 17.5. The second-order valence-electron chi connectivity index (χ2n) is 8.60. The van der Waals surface area contributed by atoms with E-state index in [0.29, 0.717) is 6.04 Å². The number of nitrogens with zero attached hydrogens (tertiary/aromatic N) is 3. The molecule has 1 aromatic heterocycles. The minimum Gasteiger partial charge on any atom is -0.366 e. The second-order valence-corrected chi connectivity index (χ2v) is 8.60. The maximum Gasteiger partial charge on any atom is 0.0705 e. The van der Waals surface area contributed by atoms with Crippen molar-refractivity contribution in [2.45, 2.75) is 58.0 Å². The SMILES string of the molecule is CCCCCN1Cc2cc3ccccc3nc2CC2CCCN2c2ccccc21. The number of hydrogen-bond donors (Lipinski definition) is 0. The molecular weight excluding hydrogens is 354 g/mol. The van der Waals surface area contributed by atoms with E-state index in [4.69, 9.17) is 4.98 Å². The summed E-state index contributed by atoms with van der Waals surface area (Å²) in [5.74, 6) is 0. The maximum atomic E-state index is 5.16. The number of anilines is 2. The molecule has 2 aliphatic rings. The summed E-state index contributed by atoms with van der Waals surface area (Å²) in [6, 6.07) is 20.6. The van der Waals surface area contributed by atoms with Crippen molar-refractivity contribution in [3.8, 4) is 0 Å². The van der Waals surface area contributed by atoms with E-state index in [0.717, 1.165) is 31.6 Å². The molecule has 0 radical (unpaired) electrons. The van der Waals surface area contributed by atoms with Crippen LogP contribution >= 0.6 is 0 Å². The normalized spacial score (nSPS) is 18.6. The van der Waals surface area contributed by atoms with E-state index < -0.39 is 0 Å². The lowest BCUT2D eigenvalue weighted by Crippen LogP contribution is -2.32. The molecule has 2 aromatic carbocycles. The predicted molar refractivity (Wildman–Crippen MR) is 123 cm³/mol. The first-order valence-electron chi connectivity index (χ1n) is 11.3. The van der Waals surface area contributed by atoms with Crippen LogP contribution in [0.1, 0.15) is 50.3 Å². The summed E-state index contributed by atoms with van der Waals surface area (Å²) in [7, 11) is 0. The lowest BCUT2D eigenvalue weighted by Gasteiger charge is -2.32. The highest BCUT2D eigenvalue weighted by atomic mass is 15.2. The third-order valence-electron chi connectivity index (χ3n) is 6.62. The fourth-order valence-electron chi connectivity index (χ4n) is 5.12. The number of aromatic nitrogens is 1. The first-order chi connectivity index (χ1) is 14.3. The highest BCUT2D eigenvalue weighted by molar-refractivity contribution is 5.80. The Morgan fingerprint density at radius 3 is 2.72 bits per heavy atom. The smallest absolute Gasteiger partial charge is 0.0705 e. The standard InChI is InChI=1S/C26H31N3/c1-2-3-8-15-28-19-21-17-20-10-4-5-12-23(20)27-24(21)18-22-11-9-16-29(22)26-14-7-6-13-25(26)28/h4-7,10,12-14,17,22H,2-3,8-9,11,15-16,18-19H2,1H3. The first kappa shape index (κ1) is 18.5. The van der Waals surface area contributed by atoms with Crippen molar-refractivity contribution in [2.75, 3.05) is 22.9 Å². The number of unbranched alkanes of at least 4 members (excludes halogenated alkanes) is 2. The fourth-order valence-corrected chi connectivity index (χ4v) is 5.12. The second kappa shape index (κ2) is 8.06. The molecule has 3 heterocycles. The molecule has 1 fully saturated rings. The Hall–Kier alpha value is -2.55. The third kappa shape index (κ3) is 3.59. The van der Waals surface area contributed by atoms with Crippen LogP contribution in [0.5, 0.6) is 0 Å². The fraction of sp³-hybridized carbons (Fsp3) is 0.423. The Morgan fingerprint density at radius 2 is 1.83 bits per heavy atom. The number of rotatable bonds is 4. The topological polar surface area (TPSA) is 19.4 Å². The lowest BCUT2D eigenvalue weighted by molar-refractivity contribution is 0.652. The Labute approximate surface area is 174 Å². The molecule has 0 bridgehead atoms. The van der Waals surface area contributed by atoms with Crippen LogP contribution in [-0.2, 0) is 13.0 Å². The van der Waals surface area contributed by atoms with Gasteiger partial charge in [-0.3, -0.25) is 4.98 Å². The monoisotopic (exact) mass is 385 g/mol. The molecule has 3 aromatic rings. The largest absolute Gasteiger partial charge is 0.366 e. The number of pyridine rings is 1. The van der Waals surface area contributed by atoms with Crippen LogP contribution < -0.4 is 9.80 Å². The van der Waals surface area contributed by atoms with Crippen molar-refractivity contribution in [1.82, 2.24) is 4.98 Å². The average Bonchev–Trinajstić information content (AvgIpc) is 3.22. The average molecular weight is 386 g/mol. The van der Waals surface area contributed by atoms with E-state index in [1.165, 1.54) is 60.1 Å². The van der Waals surface area contributed by atoms with Crippen molar-refractivity contribution < 1.29 is 0 Å². The summed E-state index contributed by atoms with van der Waals surface area (Å²) in [5.41, 5.74) is 6.66. The van der Waals surface area contributed by atoms with Gasteiger partial charge in [0.1, 0.15) is 0 Å². The van der Waals surface area contributed by atoms with Gasteiger partial charge in [0, 0.05) is 43.2 Å². The molecule has 0 saturated carbocycles. The lowest BCUT2D eigenvalue weighted by atomic mass is 10.0. The van der Waals surface area contributed by atoms with Crippen LogP contribution in [0.15, 0.2) is 54.6 Å². The van der Waals surface area contributed by atoms with E-state index in [1.807, 2.05) is 0 Å². The highest BCUT2D eigenvalue weighted by Gasteiger charge is 2.30. The van der Waals surface area contributed by atoms with Gasteiger partial charge in [-0.25, -0.2) is 0 Å². The molecule has 1 unspecified atom stereocenters. The quantitative estimate of drug-likeness (QED) is 0.517. The van der Waals surface area contributed by atoms with Crippen LogP contribution in [0.3, 0.4) is 0 Å². The van der Waals surface area contributed by atoms with E-state index in [1.54, 1.807) is 0 Å². The molecule has 5 rings (SSSR count). The number of para-hydroxylation sites is 3. The van der Waals surface area contributed by atoms with Gasteiger partial charge in [0.25, 0.3) is 0 Å². The molecule has 1 atom stereocenters. The Bertz CT molecular complexity index is 996. The zero-order chi connectivity index (χ0) is 19.6. The molecule has 0 spiro atoms. The molecule has 150 valence electrons. The minimum absolute atomic E-state index is 0.555. The zero-order valence-corrected chi connectivity index (χ0v) is 17.5. The van der Waals surface area contributed by atoms with E-state index >= 15 is 0 Å². The molecule has 29 heavy (non-hydrogen) atoms. The van der Waals surface area contributed by atoms with Gasteiger partial charge in [-0.15, -0.1) is 0 Å². The molecule has 0 amide bonds. The van der Waals surface area contributed by atoms with Crippen LogP contribution in [0.25, 0.3) is 10.9 Å². The summed E-state index contributed by atoms with van der Waals surface area (Å²) in [6.07, 6.45) is 7.37. The van der Waals surface area contributed by atoms with Gasteiger partial charge in [-0.2, -0.15) is 0 Å². The first-order valence-corrected chi connectivity index (χ1v) is 11.3. The molecule has 2 aliphatic heterocycles. The Morgan fingerprint density at radius 1 is 1.00 bits per heavy atom. The minimum atomic E-state index is 0.555. The van der Waals surface area contributed by atoms with Gasteiger partial charge in [0.05, 0.1) is 16.9 Å². The summed E-state index contributed by atoms with van der Waals surface area (Å²) in [4.78, 5) is 10.4. The van der Waals surface area contributed by atoms with E-state index in [2.05, 4.69) is 71.3 Å². The van der Waals surface area contributed by atoms with Crippen molar-refractivity contribution >= 4 is 22.3 Å². The summed E-state index contributed by atoms with van der Waals surface area (Å²) >= 11 is 0. The van der Waals surface area contributed by atoms with Gasteiger partial charge in [0.15, 0.2) is 0 Å². The highest BCUT2D eigenvalue weighted by Crippen LogP contribution is 2.38.